The summed E-state index contributed by atoms with van der Waals surface area (Å²) in [5.41, 5.74) is 2.09. The molecule has 1 N–H and O–H groups in total. The molecular formula is C16H17BrClFN2. The van der Waals surface area contributed by atoms with Crippen molar-refractivity contribution in [2.75, 3.05) is 6.54 Å². The van der Waals surface area contributed by atoms with Crippen LogP contribution in [-0.4, -0.2) is 11.5 Å². The second kappa shape index (κ2) is 7.87. The highest BCUT2D eigenvalue weighted by atomic mass is 79.9. The van der Waals surface area contributed by atoms with Crippen LogP contribution in [0.25, 0.3) is 0 Å². The topological polar surface area (TPSA) is 24.9 Å². The number of hydrogen-bond donors (Lipinski definition) is 1. The second-order valence-electron chi connectivity index (χ2n) is 4.90. The molecule has 0 aliphatic rings. The van der Waals surface area contributed by atoms with Gasteiger partial charge in [-0.1, -0.05) is 24.6 Å². The normalized spacial score (nSPS) is 12.4. The Labute approximate surface area is 137 Å². The van der Waals surface area contributed by atoms with Crippen molar-refractivity contribution in [1.29, 1.82) is 0 Å². The van der Waals surface area contributed by atoms with Crippen molar-refractivity contribution in [3.05, 3.63) is 63.1 Å². The summed E-state index contributed by atoms with van der Waals surface area (Å²) in [5.74, 6) is -0.390. The number of rotatable bonds is 6. The van der Waals surface area contributed by atoms with E-state index in [0.717, 1.165) is 35.0 Å². The predicted molar refractivity (Wildman–Crippen MR) is 88.1 cm³/mol. The Kier molecular flexibility index (Phi) is 6.15. The molecule has 2 rings (SSSR count). The van der Waals surface area contributed by atoms with E-state index in [4.69, 9.17) is 11.6 Å². The van der Waals surface area contributed by atoms with E-state index in [-0.39, 0.29) is 11.1 Å². The van der Waals surface area contributed by atoms with Gasteiger partial charge in [-0.3, -0.25) is 4.98 Å². The van der Waals surface area contributed by atoms with E-state index < -0.39 is 5.82 Å². The lowest BCUT2D eigenvalue weighted by Crippen LogP contribution is -2.24. The van der Waals surface area contributed by atoms with E-state index >= 15 is 0 Å². The van der Waals surface area contributed by atoms with Gasteiger partial charge in [0.1, 0.15) is 5.82 Å². The smallest absolute Gasteiger partial charge is 0.141 e. The van der Waals surface area contributed by atoms with Crippen LogP contribution in [0.15, 0.2) is 41.1 Å². The number of benzene rings is 1. The molecular weight excluding hydrogens is 355 g/mol. The van der Waals surface area contributed by atoms with Crippen LogP contribution in [0, 0.1) is 5.82 Å². The minimum Gasteiger partial charge on any atom is -0.310 e. The summed E-state index contributed by atoms with van der Waals surface area (Å²) < 4.78 is 14.3. The van der Waals surface area contributed by atoms with Crippen molar-refractivity contribution in [1.82, 2.24) is 10.3 Å². The molecule has 0 amide bonds. The molecule has 0 radical (unpaired) electrons. The number of hydrogen-bond acceptors (Lipinski definition) is 2. The van der Waals surface area contributed by atoms with Gasteiger partial charge in [0, 0.05) is 22.9 Å². The molecule has 0 bridgehead atoms. The summed E-state index contributed by atoms with van der Waals surface area (Å²) in [5, 5.41) is 3.63. The Balaban J connectivity index is 2.22. The van der Waals surface area contributed by atoms with Crippen LogP contribution in [0.3, 0.4) is 0 Å². The average molecular weight is 372 g/mol. The monoisotopic (exact) mass is 370 g/mol. The van der Waals surface area contributed by atoms with E-state index in [0.29, 0.717) is 0 Å². The highest BCUT2D eigenvalue weighted by Gasteiger charge is 2.14. The van der Waals surface area contributed by atoms with Gasteiger partial charge in [0.05, 0.1) is 5.02 Å². The number of aromatic nitrogens is 1. The van der Waals surface area contributed by atoms with Crippen molar-refractivity contribution >= 4 is 27.5 Å². The lowest BCUT2D eigenvalue weighted by Gasteiger charge is -2.19. The first-order valence-electron chi connectivity index (χ1n) is 6.88. The van der Waals surface area contributed by atoms with Crippen LogP contribution >= 0.6 is 27.5 Å². The zero-order chi connectivity index (χ0) is 15.2. The van der Waals surface area contributed by atoms with Crippen LogP contribution in [0.4, 0.5) is 4.39 Å². The molecule has 112 valence electrons. The number of halogens is 3. The maximum absolute atomic E-state index is 13.3. The van der Waals surface area contributed by atoms with Crippen molar-refractivity contribution in [3.8, 4) is 0 Å². The Morgan fingerprint density at radius 3 is 2.81 bits per heavy atom. The summed E-state index contributed by atoms with van der Waals surface area (Å²) >= 11 is 9.33. The quantitative estimate of drug-likeness (QED) is 0.779. The van der Waals surface area contributed by atoms with Gasteiger partial charge in [0.15, 0.2) is 0 Å². The fourth-order valence-electron chi connectivity index (χ4n) is 2.16. The van der Waals surface area contributed by atoms with Gasteiger partial charge in [-0.2, -0.15) is 0 Å². The third kappa shape index (κ3) is 4.77. The number of nitrogens with one attached hydrogen (secondary N) is 1. The Bertz CT molecular complexity index is 607. The molecule has 1 aromatic carbocycles. The number of nitrogens with zero attached hydrogens (tertiary/aromatic N) is 1. The molecule has 0 saturated heterocycles. The predicted octanol–water partition coefficient (Wildman–Crippen LogP) is 4.92. The van der Waals surface area contributed by atoms with E-state index in [2.05, 4.69) is 33.2 Å². The summed E-state index contributed by atoms with van der Waals surface area (Å²) in [6.07, 6.45) is 5.40. The van der Waals surface area contributed by atoms with E-state index in [9.17, 15) is 4.39 Å². The van der Waals surface area contributed by atoms with Crippen LogP contribution in [-0.2, 0) is 6.42 Å². The van der Waals surface area contributed by atoms with Gasteiger partial charge in [-0.15, -0.1) is 0 Å². The van der Waals surface area contributed by atoms with Crippen molar-refractivity contribution in [3.63, 3.8) is 0 Å². The van der Waals surface area contributed by atoms with E-state index in [1.54, 1.807) is 18.3 Å². The fraction of sp³-hybridized carbons (Fsp3) is 0.312. The second-order valence-corrected chi connectivity index (χ2v) is 6.22. The first-order valence-corrected chi connectivity index (χ1v) is 8.05. The molecule has 21 heavy (non-hydrogen) atoms. The fourth-order valence-corrected chi connectivity index (χ4v) is 2.76. The Hall–Kier alpha value is -0.970. The third-order valence-electron chi connectivity index (χ3n) is 3.19. The van der Waals surface area contributed by atoms with Gasteiger partial charge in [-0.25, -0.2) is 4.39 Å². The SMILES string of the molecule is CCCNC(Cc1cncc(Br)c1)c1ccc(F)c(Cl)c1. The van der Waals surface area contributed by atoms with Gasteiger partial charge >= 0.3 is 0 Å². The van der Waals surface area contributed by atoms with E-state index in [1.165, 1.54) is 6.07 Å². The van der Waals surface area contributed by atoms with Gasteiger partial charge in [-0.05, 0) is 64.6 Å². The van der Waals surface area contributed by atoms with Crippen molar-refractivity contribution in [2.24, 2.45) is 0 Å². The largest absolute Gasteiger partial charge is 0.310 e. The minimum atomic E-state index is -0.390. The van der Waals surface area contributed by atoms with Crippen molar-refractivity contribution < 1.29 is 4.39 Å². The molecule has 0 aliphatic heterocycles. The zero-order valence-electron chi connectivity index (χ0n) is 11.7. The summed E-state index contributed by atoms with van der Waals surface area (Å²) in [6.45, 7) is 3.00. The van der Waals surface area contributed by atoms with Crippen LogP contribution in [0.2, 0.25) is 5.02 Å². The van der Waals surface area contributed by atoms with Gasteiger partial charge in [0.2, 0.25) is 0 Å². The van der Waals surface area contributed by atoms with Gasteiger partial charge in [0.25, 0.3) is 0 Å². The lowest BCUT2D eigenvalue weighted by atomic mass is 9.99. The molecule has 2 aromatic rings. The molecule has 5 heteroatoms. The molecule has 1 heterocycles. The van der Waals surface area contributed by atoms with Crippen LogP contribution < -0.4 is 5.32 Å². The Morgan fingerprint density at radius 2 is 2.14 bits per heavy atom. The molecule has 2 nitrogen and oxygen atoms in total. The minimum absolute atomic E-state index is 0.0825. The number of pyridine rings is 1. The lowest BCUT2D eigenvalue weighted by molar-refractivity contribution is 0.527. The Morgan fingerprint density at radius 1 is 1.33 bits per heavy atom. The molecule has 0 aliphatic carbocycles. The molecule has 1 unspecified atom stereocenters. The zero-order valence-corrected chi connectivity index (χ0v) is 14.1. The maximum atomic E-state index is 13.3. The highest BCUT2D eigenvalue weighted by molar-refractivity contribution is 9.10. The van der Waals surface area contributed by atoms with Crippen molar-refractivity contribution in [2.45, 2.75) is 25.8 Å². The maximum Gasteiger partial charge on any atom is 0.141 e. The molecule has 0 fully saturated rings. The molecule has 1 aromatic heterocycles. The van der Waals surface area contributed by atoms with Crippen LogP contribution in [0.5, 0.6) is 0 Å². The van der Waals surface area contributed by atoms with E-state index in [1.807, 2.05) is 12.3 Å². The van der Waals surface area contributed by atoms with Gasteiger partial charge < -0.3 is 5.32 Å². The first-order chi connectivity index (χ1) is 10.1. The third-order valence-corrected chi connectivity index (χ3v) is 3.91. The summed E-state index contributed by atoms with van der Waals surface area (Å²) in [6, 6.07) is 7.00. The standard InChI is InChI=1S/C16H17BrClFN2/c1-2-5-21-16(7-11-6-13(17)10-20-9-11)12-3-4-15(19)14(18)8-12/h3-4,6,8-10,16,21H,2,5,7H2,1H3. The first kappa shape index (κ1) is 16.4. The highest BCUT2D eigenvalue weighted by Crippen LogP contribution is 2.24. The summed E-state index contributed by atoms with van der Waals surface area (Å²) in [7, 11) is 0. The molecule has 0 saturated carbocycles. The average Bonchev–Trinajstić information content (AvgIpc) is 2.46. The molecule has 1 atom stereocenters. The molecule has 0 spiro atoms. The van der Waals surface area contributed by atoms with Crippen LogP contribution in [0.1, 0.15) is 30.5 Å². The summed E-state index contributed by atoms with van der Waals surface area (Å²) in [4.78, 5) is 4.18.